The van der Waals surface area contributed by atoms with Gasteiger partial charge in [-0.3, -0.25) is 0 Å². The van der Waals surface area contributed by atoms with Crippen molar-refractivity contribution in [3.8, 4) is 0 Å². The van der Waals surface area contributed by atoms with Crippen LogP contribution in [0.4, 0.5) is 0 Å². The van der Waals surface area contributed by atoms with Gasteiger partial charge in [0, 0.05) is 12.2 Å². The van der Waals surface area contributed by atoms with Crippen molar-refractivity contribution < 1.29 is 8.85 Å². The summed E-state index contributed by atoms with van der Waals surface area (Å²) < 4.78 is 12.0. The summed E-state index contributed by atoms with van der Waals surface area (Å²) in [5.41, 5.74) is 1.31. The summed E-state index contributed by atoms with van der Waals surface area (Å²) in [6, 6.07) is 0. The molecule has 0 aromatic rings. The first-order chi connectivity index (χ1) is 8.28. The molecule has 0 bridgehead atoms. The van der Waals surface area contributed by atoms with Crippen molar-refractivity contribution >= 4 is 19.5 Å². The fraction of sp³-hybridized carbons (Fsp3) is 1.00. The van der Waals surface area contributed by atoms with Gasteiger partial charge in [0.15, 0.2) is 19.5 Å². The van der Waals surface area contributed by atoms with Gasteiger partial charge in [0.25, 0.3) is 0 Å². The predicted molar refractivity (Wildman–Crippen MR) is 82.0 cm³/mol. The minimum Gasteiger partial charge on any atom is -0.421 e. The maximum absolute atomic E-state index is 6.00. The van der Waals surface area contributed by atoms with Gasteiger partial charge < -0.3 is 8.85 Å². The van der Waals surface area contributed by atoms with Gasteiger partial charge in [-0.1, -0.05) is 40.5 Å². The Hall–Kier alpha value is 0.354. The highest BCUT2D eigenvalue weighted by atomic mass is 28.3. The molecule has 104 valence electrons. The van der Waals surface area contributed by atoms with Gasteiger partial charge >= 0.3 is 0 Å². The molecule has 2 unspecified atom stereocenters. The highest BCUT2D eigenvalue weighted by Gasteiger charge is 2.07. The van der Waals surface area contributed by atoms with E-state index in [9.17, 15) is 0 Å². The first-order valence-electron chi connectivity index (χ1n) is 7.51. The smallest absolute Gasteiger partial charge is 0.161 e. The Morgan fingerprint density at radius 2 is 1.18 bits per heavy atom. The van der Waals surface area contributed by atoms with Crippen molar-refractivity contribution in [3.63, 3.8) is 0 Å². The standard InChI is InChI=1S/C13H32O2Si2/c1-5-9-12(7-3)14-16-11-17-15-13(8-4)10-6-2/h12-13H,5-11,16-17H2,1-4H3. The average Bonchev–Trinajstić information content (AvgIpc) is 2.35. The summed E-state index contributed by atoms with van der Waals surface area (Å²) in [6.07, 6.45) is 8.40. The molecule has 0 heterocycles. The zero-order valence-corrected chi connectivity index (χ0v) is 15.2. The Morgan fingerprint density at radius 1 is 0.765 bits per heavy atom. The van der Waals surface area contributed by atoms with Crippen molar-refractivity contribution in [2.75, 3.05) is 0 Å². The molecule has 0 radical (unpaired) electrons. The van der Waals surface area contributed by atoms with Crippen LogP contribution in [0.3, 0.4) is 0 Å². The fourth-order valence-electron chi connectivity index (χ4n) is 2.01. The largest absolute Gasteiger partial charge is 0.421 e. The Morgan fingerprint density at radius 3 is 1.47 bits per heavy atom. The maximum Gasteiger partial charge on any atom is 0.161 e. The van der Waals surface area contributed by atoms with Gasteiger partial charge in [0.1, 0.15) is 0 Å². The quantitative estimate of drug-likeness (QED) is 0.403. The third-order valence-electron chi connectivity index (χ3n) is 3.13. The summed E-state index contributed by atoms with van der Waals surface area (Å²) in [6.45, 7) is 8.94. The molecule has 0 saturated carbocycles. The summed E-state index contributed by atoms with van der Waals surface area (Å²) in [7, 11) is -0.591. The van der Waals surface area contributed by atoms with Crippen molar-refractivity contribution in [2.45, 2.75) is 84.1 Å². The summed E-state index contributed by atoms with van der Waals surface area (Å²) in [5, 5.41) is 0. The molecule has 0 aromatic heterocycles. The monoisotopic (exact) mass is 276 g/mol. The van der Waals surface area contributed by atoms with E-state index in [-0.39, 0.29) is 19.5 Å². The zero-order valence-electron chi connectivity index (χ0n) is 12.3. The third kappa shape index (κ3) is 10.0. The molecule has 0 aliphatic carbocycles. The lowest BCUT2D eigenvalue weighted by atomic mass is 10.2. The molecule has 0 aliphatic heterocycles. The van der Waals surface area contributed by atoms with E-state index in [0.29, 0.717) is 12.2 Å². The molecule has 2 atom stereocenters. The van der Waals surface area contributed by atoms with Crippen LogP contribution in [0.5, 0.6) is 0 Å². The van der Waals surface area contributed by atoms with E-state index in [2.05, 4.69) is 27.7 Å². The van der Waals surface area contributed by atoms with Gasteiger partial charge in [-0.05, 0) is 31.4 Å². The van der Waals surface area contributed by atoms with Crippen LogP contribution in [-0.4, -0.2) is 31.7 Å². The van der Waals surface area contributed by atoms with Crippen molar-refractivity contribution in [1.82, 2.24) is 0 Å². The lowest BCUT2D eigenvalue weighted by molar-refractivity contribution is 0.188. The zero-order chi connectivity index (χ0) is 12.9. The Labute approximate surface area is 113 Å². The second-order valence-electron chi connectivity index (χ2n) is 4.73. The molecule has 0 rings (SSSR count). The van der Waals surface area contributed by atoms with E-state index in [4.69, 9.17) is 8.85 Å². The number of hydrogen-bond donors (Lipinski definition) is 0. The first-order valence-corrected chi connectivity index (χ1v) is 10.7. The van der Waals surface area contributed by atoms with Crippen LogP contribution in [0.25, 0.3) is 0 Å². The molecule has 17 heavy (non-hydrogen) atoms. The molecule has 2 nitrogen and oxygen atoms in total. The third-order valence-corrected chi connectivity index (χ3v) is 6.85. The molecule has 0 aliphatic rings. The van der Waals surface area contributed by atoms with Gasteiger partial charge in [-0.15, -0.1) is 0 Å². The number of rotatable bonds is 12. The highest BCUT2D eigenvalue weighted by Crippen LogP contribution is 2.07. The maximum atomic E-state index is 6.00. The molecule has 0 fully saturated rings. The van der Waals surface area contributed by atoms with Crippen molar-refractivity contribution in [1.29, 1.82) is 0 Å². The van der Waals surface area contributed by atoms with Crippen LogP contribution in [0.2, 0.25) is 5.67 Å². The van der Waals surface area contributed by atoms with E-state index in [0.717, 1.165) is 0 Å². The average molecular weight is 277 g/mol. The van der Waals surface area contributed by atoms with Crippen LogP contribution in [-0.2, 0) is 8.85 Å². The van der Waals surface area contributed by atoms with E-state index in [1.54, 1.807) is 0 Å². The molecular weight excluding hydrogens is 244 g/mol. The van der Waals surface area contributed by atoms with E-state index in [1.165, 1.54) is 44.2 Å². The first kappa shape index (κ1) is 17.4. The van der Waals surface area contributed by atoms with Crippen LogP contribution in [0, 0.1) is 0 Å². The molecule has 0 saturated heterocycles. The Balaban J connectivity index is 3.43. The lowest BCUT2D eigenvalue weighted by Crippen LogP contribution is -2.19. The minimum atomic E-state index is -0.295. The summed E-state index contributed by atoms with van der Waals surface area (Å²) >= 11 is 0. The van der Waals surface area contributed by atoms with Crippen LogP contribution in [0.1, 0.15) is 66.2 Å². The molecule has 0 spiro atoms. The second kappa shape index (κ2) is 12.8. The number of hydrogen-bond acceptors (Lipinski definition) is 2. The predicted octanol–water partition coefficient (Wildman–Crippen LogP) is 2.72. The fourth-order valence-corrected chi connectivity index (χ4v) is 5.29. The molecular formula is C13H32O2Si2. The van der Waals surface area contributed by atoms with Gasteiger partial charge in [-0.2, -0.15) is 0 Å². The van der Waals surface area contributed by atoms with Crippen LogP contribution in [0.15, 0.2) is 0 Å². The van der Waals surface area contributed by atoms with Crippen molar-refractivity contribution in [3.05, 3.63) is 0 Å². The van der Waals surface area contributed by atoms with Crippen LogP contribution >= 0.6 is 0 Å². The lowest BCUT2D eigenvalue weighted by Gasteiger charge is -2.17. The molecule has 4 heteroatoms. The van der Waals surface area contributed by atoms with Gasteiger partial charge in [-0.25, -0.2) is 0 Å². The van der Waals surface area contributed by atoms with Gasteiger partial charge in [0.05, 0.1) is 0 Å². The SMILES string of the molecule is CCCC(CC)O[SiH2]C[SiH2]OC(CC)CCC. The Bertz CT molecular complexity index is 140. The summed E-state index contributed by atoms with van der Waals surface area (Å²) in [4.78, 5) is 0. The van der Waals surface area contributed by atoms with Crippen molar-refractivity contribution in [2.24, 2.45) is 0 Å². The highest BCUT2D eigenvalue weighted by molar-refractivity contribution is 6.48. The van der Waals surface area contributed by atoms with Gasteiger partial charge in [0.2, 0.25) is 0 Å². The summed E-state index contributed by atoms with van der Waals surface area (Å²) in [5.74, 6) is 0. The molecule has 0 N–H and O–H groups in total. The Kier molecular flexibility index (Phi) is 13.1. The second-order valence-corrected chi connectivity index (χ2v) is 9.04. The van der Waals surface area contributed by atoms with E-state index < -0.39 is 0 Å². The molecule has 0 amide bonds. The molecule has 0 aromatic carbocycles. The minimum absolute atomic E-state index is 0.295. The van der Waals surface area contributed by atoms with E-state index in [1.807, 2.05) is 0 Å². The topological polar surface area (TPSA) is 18.5 Å². The van der Waals surface area contributed by atoms with E-state index >= 15 is 0 Å². The van der Waals surface area contributed by atoms with Crippen LogP contribution < -0.4 is 0 Å². The normalized spacial score (nSPS) is 16.2.